The lowest BCUT2D eigenvalue weighted by Crippen LogP contribution is -2.22. The molecule has 0 bridgehead atoms. The maximum absolute atomic E-state index is 13.7. The molecular weight excluding hydrogens is 191 g/mol. The van der Waals surface area contributed by atoms with E-state index in [1.807, 2.05) is 6.92 Å². The molecule has 1 aromatic carbocycles. The summed E-state index contributed by atoms with van der Waals surface area (Å²) in [4.78, 5) is 3.20. The van der Waals surface area contributed by atoms with Crippen LogP contribution in [0.3, 0.4) is 0 Å². The summed E-state index contributed by atoms with van der Waals surface area (Å²) in [5.74, 6) is -0.139. The lowest BCUT2D eigenvalue weighted by molar-refractivity contribution is 0.632. The van der Waals surface area contributed by atoms with Crippen LogP contribution in [0.4, 0.5) is 4.39 Å². The molecule has 0 radical (unpaired) electrons. The molecule has 0 saturated carbocycles. The van der Waals surface area contributed by atoms with Gasteiger partial charge in [-0.15, -0.1) is 0 Å². The number of nitrogens with one attached hydrogen (secondary N) is 2. The van der Waals surface area contributed by atoms with Gasteiger partial charge in [-0.25, -0.2) is 4.39 Å². The van der Waals surface area contributed by atoms with Crippen LogP contribution >= 0.6 is 0 Å². The molecule has 0 saturated heterocycles. The van der Waals surface area contributed by atoms with E-state index in [4.69, 9.17) is 0 Å². The zero-order valence-electron chi connectivity index (χ0n) is 8.65. The van der Waals surface area contributed by atoms with Crippen LogP contribution in [-0.2, 0) is 13.0 Å². The van der Waals surface area contributed by atoms with E-state index in [-0.39, 0.29) is 5.82 Å². The molecule has 2 N–H and O–H groups in total. The lowest BCUT2D eigenvalue weighted by Gasteiger charge is -2.12. The van der Waals surface area contributed by atoms with Crippen molar-refractivity contribution in [2.75, 3.05) is 6.54 Å². The molecule has 3 rings (SSSR count). The third-order valence-electron chi connectivity index (χ3n) is 3.05. The molecular formula is C12H13FN2. The topological polar surface area (TPSA) is 27.8 Å². The predicted octanol–water partition coefficient (Wildman–Crippen LogP) is 2.26. The number of hydrogen-bond donors (Lipinski definition) is 2. The number of hydrogen-bond acceptors (Lipinski definition) is 1. The maximum Gasteiger partial charge on any atom is 0.147 e. The van der Waals surface area contributed by atoms with Crippen molar-refractivity contribution in [3.05, 3.63) is 34.8 Å². The van der Waals surface area contributed by atoms with Gasteiger partial charge in [0.25, 0.3) is 0 Å². The third-order valence-corrected chi connectivity index (χ3v) is 3.05. The van der Waals surface area contributed by atoms with Crippen LogP contribution in [0, 0.1) is 12.7 Å². The van der Waals surface area contributed by atoms with Crippen molar-refractivity contribution in [2.45, 2.75) is 19.9 Å². The molecule has 1 aromatic heterocycles. The Hall–Kier alpha value is -1.35. The number of benzene rings is 1. The number of rotatable bonds is 0. The number of H-pyrrole nitrogens is 1. The zero-order valence-corrected chi connectivity index (χ0v) is 8.65. The van der Waals surface area contributed by atoms with Gasteiger partial charge in [0.05, 0.1) is 5.52 Å². The summed E-state index contributed by atoms with van der Waals surface area (Å²) in [5, 5.41) is 4.35. The number of halogens is 1. The van der Waals surface area contributed by atoms with Crippen LogP contribution < -0.4 is 5.32 Å². The highest BCUT2D eigenvalue weighted by Crippen LogP contribution is 2.27. The molecule has 0 fully saturated rings. The molecule has 0 unspecified atom stereocenters. The molecule has 0 aliphatic carbocycles. The van der Waals surface area contributed by atoms with Gasteiger partial charge < -0.3 is 10.3 Å². The van der Waals surface area contributed by atoms with E-state index >= 15 is 0 Å². The summed E-state index contributed by atoms with van der Waals surface area (Å²) in [6.07, 6.45) is 0.961. The van der Waals surface area contributed by atoms with Crippen molar-refractivity contribution in [3.8, 4) is 0 Å². The van der Waals surface area contributed by atoms with Crippen LogP contribution in [-0.4, -0.2) is 11.5 Å². The van der Waals surface area contributed by atoms with Crippen molar-refractivity contribution in [1.82, 2.24) is 10.3 Å². The second-order valence-electron chi connectivity index (χ2n) is 4.18. The van der Waals surface area contributed by atoms with E-state index in [0.29, 0.717) is 5.52 Å². The Kier molecular flexibility index (Phi) is 1.83. The Morgan fingerprint density at radius 3 is 3.07 bits per heavy atom. The van der Waals surface area contributed by atoms with Crippen molar-refractivity contribution in [2.24, 2.45) is 0 Å². The largest absolute Gasteiger partial charge is 0.356 e. The summed E-state index contributed by atoms with van der Waals surface area (Å²) in [7, 11) is 0. The molecule has 1 aliphatic heterocycles. The SMILES string of the molecule is Cc1cc(F)c2[nH]c3c(c2c1)CNCC3. The highest BCUT2D eigenvalue weighted by atomic mass is 19.1. The first-order valence-corrected chi connectivity index (χ1v) is 5.26. The molecule has 1 aliphatic rings. The molecule has 78 valence electrons. The van der Waals surface area contributed by atoms with E-state index in [2.05, 4.69) is 16.4 Å². The fourth-order valence-electron chi connectivity index (χ4n) is 2.34. The molecule has 2 aromatic rings. The molecule has 0 atom stereocenters. The van der Waals surface area contributed by atoms with Crippen LogP contribution in [0.5, 0.6) is 0 Å². The van der Waals surface area contributed by atoms with Crippen molar-refractivity contribution in [3.63, 3.8) is 0 Å². The van der Waals surface area contributed by atoms with Crippen molar-refractivity contribution in [1.29, 1.82) is 0 Å². The summed E-state index contributed by atoms with van der Waals surface area (Å²) < 4.78 is 13.7. The summed E-state index contributed by atoms with van der Waals surface area (Å²) >= 11 is 0. The van der Waals surface area contributed by atoms with Gasteiger partial charge in [0, 0.05) is 30.6 Å². The first kappa shape index (κ1) is 8.92. The average Bonchev–Trinajstić information content (AvgIpc) is 2.57. The maximum atomic E-state index is 13.7. The normalized spacial score (nSPS) is 15.6. The Bertz CT molecular complexity index is 528. The average molecular weight is 204 g/mol. The Labute approximate surface area is 87.5 Å². The van der Waals surface area contributed by atoms with Crippen LogP contribution in [0.2, 0.25) is 0 Å². The number of aromatic amines is 1. The van der Waals surface area contributed by atoms with E-state index in [1.165, 1.54) is 11.3 Å². The van der Waals surface area contributed by atoms with Gasteiger partial charge in [0.15, 0.2) is 0 Å². The highest BCUT2D eigenvalue weighted by molar-refractivity contribution is 5.86. The second kappa shape index (κ2) is 3.07. The number of fused-ring (bicyclic) bond motifs is 3. The van der Waals surface area contributed by atoms with E-state index < -0.39 is 0 Å². The fraction of sp³-hybridized carbons (Fsp3) is 0.333. The predicted molar refractivity (Wildman–Crippen MR) is 58.4 cm³/mol. The van der Waals surface area contributed by atoms with Gasteiger partial charge in [-0.05, 0) is 30.2 Å². The minimum absolute atomic E-state index is 0.139. The molecule has 3 heteroatoms. The van der Waals surface area contributed by atoms with Crippen molar-refractivity contribution < 1.29 is 4.39 Å². The molecule has 2 heterocycles. The molecule has 2 nitrogen and oxygen atoms in total. The summed E-state index contributed by atoms with van der Waals surface area (Å²) in [6.45, 7) is 3.75. The third kappa shape index (κ3) is 1.27. The zero-order chi connectivity index (χ0) is 10.4. The fourth-order valence-corrected chi connectivity index (χ4v) is 2.34. The molecule has 0 spiro atoms. The Balaban J connectivity index is 2.37. The number of aryl methyl sites for hydroxylation is 1. The smallest absolute Gasteiger partial charge is 0.147 e. The Morgan fingerprint density at radius 2 is 2.20 bits per heavy atom. The van der Waals surface area contributed by atoms with Gasteiger partial charge in [-0.1, -0.05) is 0 Å². The van der Waals surface area contributed by atoms with Crippen molar-refractivity contribution >= 4 is 10.9 Å². The van der Waals surface area contributed by atoms with Gasteiger partial charge in [0.1, 0.15) is 5.82 Å². The molecule has 15 heavy (non-hydrogen) atoms. The first-order valence-electron chi connectivity index (χ1n) is 5.26. The monoisotopic (exact) mass is 204 g/mol. The van der Waals surface area contributed by atoms with Gasteiger partial charge >= 0.3 is 0 Å². The van der Waals surface area contributed by atoms with E-state index in [9.17, 15) is 4.39 Å². The first-order chi connectivity index (χ1) is 7.25. The summed E-state index contributed by atoms with van der Waals surface area (Å²) in [6, 6.07) is 3.64. The van der Waals surface area contributed by atoms with E-state index in [0.717, 1.165) is 30.5 Å². The van der Waals surface area contributed by atoms with Crippen LogP contribution in [0.25, 0.3) is 10.9 Å². The van der Waals surface area contributed by atoms with Gasteiger partial charge in [0.2, 0.25) is 0 Å². The number of aromatic nitrogens is 1. The summed E-state index contributed by atoms with van der Waals surface area (Å²) in [5.41, 5.74) is 4.06. The Morgan fingerprint density at radius 1 is 1.33 bits per heavy atom. The van der Waals surface area contributed by atoms with Crippen LogP contribution in [0.15, 0.2) is 12.1 Å². The molecule has 0 amide bonds. The minimum Gasteiger partial charge on any atom is -0.356 e. The van der Waals surface area contributed by atoms with Gasteiger partial charge in [-0.2, -0.15) is 0 Å². The second-order valence-corrected chi connectivity index (χ2v) is 4.18. The van der Waals surface area contributed by atoms with Gasteiger partial charge in [-0.3, -0.25) is 0 Å². The minimum atomic E-state index is -0.139. The quantitative estimate of drug-likeness (QED) is 0.677. The highest BCUT2D eigenvalue weighted by Gasteiger charge is 2.16. The van der Waals surface area contributed by atoms with E-state index in [1.54, 1.807) is 6.07 Å². The standard InChI is InChI=1S/C12H13FN2/c1-7-4-8-9-6-14-3-2-11(9)15-12(8)10(13)5-7/h4-5,14-15H,2-3,6H2,1H3. The lowest BCUT2D eigenvalue weighted by atomic mass is 10.0. The van der Waals surface area contributed by atoms with Crippen LogP contribution in [0.1, 0.15) is 16.8 Å².